The highest BCUT2D eigenvalue weighted by molar-refractivity contribution is 5.90. The number of nitrogens with zero attached hydrogens (tertiary/aromatic N) is 4. The number of fused-ring (bicyclic) bond motifs is 1. The fraction of sp³-hybridized carbons (Fsp3) is 0.500. The van der Waals surface area contributed by atoms with Crippen LogP contribution in [-0.4, -0.2) is 36.4 Å². The minimum atomic E-state index is -1.05. The first-order valence-corrected chi connectivity index (χ1v) is 6.12. The average molecular weight is 263 g/mol. The van der Waals surface area contributed by atoms with Crippen molar-refractivity contribution in [2.24, 2.45) is 7.05 Å². The second-order valence-electron chi connectivity index (χ2n) is 4.74. The van der Waals surface area contributed by atoms with E-state index in [1.54, 1.807) is 24.9 Å². The number of anilines is 1. The molecule has 1 unspecified atom stereocenters. The molecule has 0 aromatic carbocycles. The first-order valence-electron chi connectivity index (χ1n) is 6.12. The Balaban J connectivity index is 2.42. The number of rotatable bonds is 5. The normalized spacial score (nSPS) is 14.3. The van der Waals surface area contributed by atoms with Gasteiger partial charge in [0.2, 0.25) is 0 Å². The van der Waals surface area contributed by atoms with Crippen molar-refractivity contribution in [3.8, 4) is 0 Å². The molecule has 0 fully saturated rings. The Hall–Kier alpha value is -2.18. The van der Waals surface area contributed by atoms with E-state index >= 15 is 0 Å². The van der Waals surface area contributed by atoms with Crippen molar-refractivity contribution >= 4 is 22.8 Å². The Morgan fingerprint density at radius 1 is 1.53 bits per heavy atom. The van der Waals surface area contributed by atoms with Crippen molar-refractivity contribution in [2.75, 3.05) is 5.32 Å². The molecule has 0 bridgehead atoms. The van der Waals surface area contributed by atoms with Crippen LogP contribution in [0.5, 0.6) is 0 Å². The lowest BCUT2D eigenvalue weighted by Crippen LogP contribution is -2.43. The molecule has 1 atom stereocenters. The van der Waals surface area contributed by atoms with Crippen LogP contribution in [0.2, 0.25) is 0 Å². The van der Waals surface area contributed by atoms with Gasteiger partial charge < -0.3 is 10.4 Å². The molecule has 7 heteroatoms. The van der Waals surface area contributed by atoms with Gasteiger partial charge in [-0.05, 0) is 13.3 Å². The first-order chi connectivity index (χ1) is 8.98. The highest BCUT2D eigenvalue weighted by Gasteiger charge is 2.33. The summed E-state index contributed by atoms with van der Waals surface area (Å²) in [6.45, 7) is 3.60. The molecule has 2 rings (SSSR count). The van der Waals surface area contributed by atoms with Crippen LogP contribution in [0.3, 0.4) is 0 Å². The monoisotopic (exact) mass is 263 g/mol. The van der Waals surface area contributed by atoms with E-state index < -0.39 is 11.5 Å². The maximum absolute atomic E-state index is 11.4. The van der Waals surface area contributed by atoms with Gasteiger partial charge in [0.05, 0.1) is 11.6 Å². The van der Waals surface area contributed by atoms with Crippen LogP contribution in [0.25, 0.3) is 11.0 Å². The minimum absolute atomic E-state index is 0.497. The Bertz CT molecular complexity index is 609. The van der Waals surface area contributed by atoms with Gasteiger partial charge >= 0.3 is 5.97 Å². The zero-order valence-electron chi connectivity index (χ0n) is 11.2. The maximum Gasteiger partial charge on any atom is 0.329 e. The molecule has 7 nitrogen and oxygen atoms in total. The molecule has 2 aromatic heterocycles. The van der Waals surface area contributed by atoms with Crippen LogP contribution in [0.4, 0.5) is 5.82 Å². The van der Waals surface area contributed by atoms with Crippen LogP contribution in [0, 0.1) is 0 Å². The summed E-state index contributed by atoms with van der Waals surface area (Å²) in [5.74, 6) is -0.401. The zero-order valence-corrected chi connectivity index (χ0v) is 11.2. The molecule has 102 valence electrons. The number of carbonyl (C=O) groups is 1. The molecule has 2 N–H and O–H groups in total. The van der Waals surface area contributed by atoms with Gasteiger partial charge in [0, 0.05) is 7.05 Å². The SMILES string of the molecule is CCCC(C)(Nc1ncnc2c1cnn2C)C(=O)O. The second kappa shape index (κ2) is 4.83. The Kier molecular flexibility index (Phi) is 3.37. The van der Waals surface area contributed by atoms with E-state index in [4.69, 9.17) is 0 Å². The average Bonchev–Trinajstić information content (AvgIpc) is 2.73. The molecule has 0 aliphatic rings. The predicted molar refractivity (Wildman–Crippen MR) is 70.9 cm³/mol. The summed E-state index contributed by atoms with van der Waals surface area (Å²) in [5, 5.41) is 17.2. The highest BCUT2D eigenvalue weighted by atomic mass is 16.4. The van der Waals surface area contributed by atoms with Crippen molar-refractivity contribution in [3.05, 3.63) is 12.5 Å². The van der Waals surface area contributed by atoms with Gasteiger partial charge in [-0.2, -0.15) is 5.10 Å². The Morgan fingerprint density at radius 3 is 2.89 bits per heavy atom. The van der Waals surface area contributed by atoms with Crippen molar-refractivity contribution < 1.29 is 9.90 Å². The molecular weight excluding hydrogens is 246 g/mol. The zero-order chi connectivity index (χ0) is 14.0. The molecule has 0 aliphatic heterocycles. The quantitative estimate of drug-likeness (QED) is 0.847. The minimum Gasteiger partial charge on any atom is -0.480 e. The molecule has 0 saturated heterocycles. The lowest BCUT2D eigenvalue weighted by atomic mass is 9.96. The molecule has 0 amide bonds. The molecule has 2 heterocycles. The number of hydrogen-bond acceptors (Lipinski definition) is 5. The van der Waals surface area contributed by atoms with Crippen LogP contribution >= 0.6 is 0 Å². The van der Waals surface area contributed by atoms with Gasteiger partial charge in [0.1, 0.15) is 17.7 Å². The molecular formula is C12H17N5O2. The fourth-order valence-electron chi connectivity index (χ4n) is 2.05. The molecule has 19 heavy (non-hydrogen) atoms. The molecule has 2 aromatic rings. The summed E-state index contributed by atoms with van der Waals surface area (Å²) in [6.07, 6.45) is 4.30. The summed E-state index contributed by atoms with van der Waals surface area (Å²) < 4.78 is 1.63. The van der Waals surface area contributed by atoms with Gasteiger partial charge in [-0.3, -0.25) is 4.68 Å². The summed E-state index contributed by atoms with van der Waals surface area (Å²) >= 11 is 0. The number of aliphatic carboxylic acids is 1. The number of aromatic nitrogens is 4. The lowest BCUT2D eigenvalue weighted by Gasteiger charge is -2.26. The fourth-order valence-corrected chi connectivity index (χ4v) is 2.05. The predicted octanol–water partition coefficient (Wildman–Crippen LogP) is 1.42. The van der Waals surface area contributed by atoms with Gasteiger partial charge in [-0.25, -0.2) is 14.8 Å². The van der Waals surface area contributed by atoms with Gasteiger partial charge in [-0.1, -0.05) is 13.3 Å². The van der Waals surface area contributed by atoms with Crippen molar-refractivity contribution in [1.82, 2.24) is 19.7 Å². The van der Waals surface area contributed by atoms with Crippen molar-refractivity contribution in [1.29, 1.82) is 0 Å². The molecule has 0 spiro atoms. The van der Waals surface area contributed by atoms with Crippen LogP contribution in [0.1, 0.15) is 26.7 Å². The second-order valence-corrected chi connectivity index (χ2v) is 4.74. The third-order valence-electron chi connectivity index (χ3n) is 3.15. The van der Waals surface area contributed by atoms with Crippen LogP contribution < -0.4 is 5.32 Å². The third kappa shape index (κ3) is 2.35. The van der Waals surface area contributed by atoms with Crippen LogP contribution in [0.15, 0.2) is 12.5 Å². The van der Waals surface area contributed by atoms with E-state index in [1.807, 2.05) is 6.92 Å². The summed E-state index contributed by atoms with van der Waals surface area (Å²) in [6, 6.07) is 0. The van der Waals surface area contributed by atoms with E-state index in [1.165, 1.54) is 6.33 Å². The number of carboxylic acid groups (broad SMARTS) is 1. The summed E-state index contributed by atoms with van der Waals surface area (Å²) in [5.41, 5.74) is -0.381. The Labute approximate surface area is 110 Å². The topological polar surface area (TPSA) is 92.9 Å². The lowest BCUT2D eigenvalue weighted by molar-refractivity contribution is -0.142. The van der Waals surface area contributed by atoms with Crippen LogP contribution in [-0.2, 0) is 11.8 Å². The molecule has 0 aliphatic carbocycles. The van der Waals surface area contributed by atoms with Gasteiger partial charge in [0.25, 0.3) is 0 Å². The number of carboxylic acids is 1. The van der Waals surface area contributed by atoms with Crippen molar-refractivity contribution in [2.45, 2.75) is 32.2 Å². The standard InChI is InChI=1S/C12H17N5O2/c1-4-5-12(2,11(18)19)16-9-8-6-15-17(3)10(8)14-7-13-9/h6-7H,4-5H2,1-3H3,(H,18,19)(H,13,14,16). The smallest absolute Gasteiger partial charge is 0.329 e. The Morgan fingerprint density at radius 2 is 2.26 bits per heavy atom. The summed E-state index contributed by atoms with van der Waals surface area (Å²) in [7, 11) is 1.78. The van der Waals surface area contributed by atoms with Gasteiger partial charge in [-0.15, -0.1) is 0 Å². The third-order valence-corrected chi connectivity index (χ3v) is 3.15. The largest absolute Gasteiger partial charge is 0.480 e. The van der Waals surface area contributed by atoms with E-state index in [0.717, 1.165) is 6.42 Å². The van der Waals surface area contributed by atoms with E-state index in [2.05, 4.69) is 20.4 Å². The summed E-state index contributed by atoms with van der Waals surface area (Å²) in [4.78, 5) is 19.7. The van der Waals surface area contributed by atoms with E-state index in [9.17, 15) is 9.90 Å². The number of nitrogens with one attached hydrogen (secondary N) is 1. The van der Waals surface area contributed by atoms with Gasteiger partial charge in [0.15, 0.2) is 5.65 Å². The number of aryl methyl sites for hydroxylation is 1. The maximum atomic E-state index is 11.4. The van der Waals surface area contributed by atoms with Crippen molar-refractivity contribution in [3.63, 3.8) is 0 Å². The number of hydrogen-bond donors (Lipinski definition) is 2. The molecule has 0 radical (unpaired) electrons. The molecule has 0 saturated carbocycles. The van der Waals surface area contributed by atoms with E-state index in [0.29, 0.717) is 23.3 Å². The first kappa shape index (κ1) is 13.3. The highest BCUT2D eigenvalue weighted by Crippen LogP contribution is 2.24. The van der Waals surface area contributed by atoms with E-state index in [-0.39, 0.29) is 0 Å².